The van der Waals surface area contributed by atoms with E-state index in [0.717, 1.165) is 12.1 Å². The van der Waals surface area contributed by atoms with Crippen LogP contribution in [0.1, 0.15) is 42.9 Å². The van der Waals surface area contributed by atoms with Gasteiger partial charge in [-0.2, -0.15) is 0 Å². The highest BCUT2D eigenvalue weighted by Crippen LogP contribution is 2.23. The van der Waals surface area contributed by atoms with Crippen molar-refractivity contribution in [3.05, 3.63) is 41.5 Å². The molecule has 1 unspecified atom stereocenters. The Morgan fingerprint density at radius 1 is 1.26 bits per heavy atom. The van der Waals surface area contributed by atoms with Gasteiger partial charge in [0, 0.05) is 12.1 Å². The van der Waals surface area contributed by atoms with Crippen molar-refractivity contribution in [1.29, 1.82) is 0 Å². The van der Waals surface area contributed by atoms with Gasteiger partial charge in [0.25, 0.3) is 0 Å². The first-order chi connectivity index (χ1) is 9.29. The van der Waals surface area contributed by atoms with E-state index < -0.39 is 0 Å². The van der Waals surface area contributed by atoms with Crippen molar-refractivity contribution in [2.24, 2.45) is 0 Å². The summed E-state index contributed by atoms with van der Waals surface area (Å²) in [5.41, 5.74) is 2.35. The van der Waals surface area contributed by atoms with Crippen LogP contribution in [0.15, 0.2) is 30.3 Å². The van der Waals surface area contributed by atoms with Crippen molar-refractivity contribution in [1.82, 2.24) is 5.32 Å². The van der Waals surface area contributed by atoms with Gasteiger partial charge in [-0.25, -0.2) is 4.79 Å². The van der Waals surface area contributed by atoms with Gasteiger partial charge in [-0.15, -0.1) is 0 Å². The Morgan fingerprint density at radius 3 is 2.79 bits per heavy atom. The van der Waals surface area contributed by atoms with Crippen LogP contribution in [0.5, 0.6) is 0 Å². The highest BCUT2D eigenvalue weighted by Gasteiger charge is 2.12. The Bertz CT molecular complexity index is 429. The van der Waals surface area contributed by atoms with E-state index in [9.17, 15) is 4.79 Å². The Hall–Kier alpha value is -1.61. The van der Waals surface area contributed by atoms with Crippen molar-refractivity contribution in [3.63, 3.8) is 0 Å². The maximum atomic E-state index is 11.0. The van der Waals surface area contributed by atoms with E-state index in [1.165, 1.54) is 44.4 Å². The lowest BCUT2D eigenvalue weighted by Crippen LogP contribution is -2.20. The van der Waals surface area contributed by atoms with Crippen molar-refractivity contribution in [2.75, 3.05) is 13.7 Å². The highest BCUT2D eigenvalue weighted by atomic mass is 16.5. The molecule has 0 aromatic heterocycles. The Balaban J connectivity index is 2.01. The van der Waals surface area contributed by atoms with Crippen molar-refractivity contribution in [2.45, 2.75) is 31.7 Å². The molecule has 19 heavy (non-hydrogen) atoms. The predicted octanol–water partition coefficient (Wildman–Crippen LogP) is 3.08. The minimum atomic E-state index is -0.325. The standard InChI is InChI=1S/C16H21NO2/c1-19-16(18)11-8-13-6-9-14(10-7-13)15-5-3-2-4-12-17-15/h6-11,15,17H,2-5,12H2,1H3/b11-8+. The van der Waals surface area contributed by atoms with E-state index in [-0.39, 0.29) is 5.97 Å². The molecular weight excluding hydrogens is 238 g/mol. The molecule has 1 aromatic rings. The predicted molar refractivity (Wildman–Crippen MR) is 76.7 cm³/mol. The molecule has 0 radical (unpaired) electrons. The van der Waals surface area contributed by atoms with Gasteiger partial charge in [-0.05, 0) is 36.6 Å². The molecule has 0 bridgehead atoms. The average Bonchev–Trinajstić information content (AvgIpc) is 2.74. The van der Waals surface area contributed by atoms with Crippen LogP contribution in [0.3, 0.4) is 0 Å². The van der Waals surface area contributed by atoms with Crippen LogP contribution in [0.2, 0.25) is 0 Å². The summed E-state index contributed by atoms with van der Waals surface area (Å²) in [6.07, 6.45) is 8.31. The summed E-state index contributed by atoms with van der Waals surface area (Å²) >= 11 is 0. The third kappa shape index (κ3) is 4.21. The third-order valence-electron chi connectivity index (χ3n) is 3.51. The summed E-state index contributed by atoms with van der Waals surface area (Å²) in [6, 6.07) is 8.84. The number of rotatable bonds is 3. The van der Waals surface area contributed by atoms with Crippen LogP contribution < -0.4 is 5.32 Å². The molecule has 1 aromatic carbocycles. The fourth-order valence-electron chi connectivity index (χ4n) is 2.38. The van der Waals surface area contributed by atoms with Crippen molar-refractivity contribution in [3.8, 4) is 0 Å². The molecule has 102 valence electrons. The quantitative estimate of drug-likeness (QED) is 0.669. The molecule has 1 aliphatic heterocycles. The number of carbonyl (C=O) groups is 1. The largest absolute Gasteiger partial charge is 0.466 e. The van der Waals surface area contributed by atoms with Crippen LogP contribution in [-0.4, -0.2) is 19.6 Å². The minimum Gasteiger partial charge on any atom is -0.466 e. The molecule has 1 fully saturated rings. The second kappa shape index (κ2) is 7.10. The first kappa shape index (κ1) is 13.8. The number of nitrogens with one attached hydrogen (secondary N) is 1. The summed E-state index contributed by atoms with van der Waals surface area (Å²) in [6.45, 7) is 1.11. The molecule has 0 saturated carbocycles. The summed E-state index contributed by atoms with van der Waals surface area (Å²) < 4.78 is 4.57. The lowest BCUT2D eigenvalue weighted by molar-refractivity contribution is -0.134. The van der Waals surface area contributed by atoms with Crippen LogP contribution in [0.25, 0.3) is 6.08 Å². The lowest BCUT2D eigenvalue weighted by Gasteiger charge is -2.16. The number of hydrogen-bond acceptors (Lipinski definition) is 3. The van der Waals surface area contributed by atoms with Crippen LogP contribution >= 0.6 is 0 Å². The number of methoxy groups -OCH3 is 1. The van der Waals surface area contributed by atoms with Crippen LogP contribution in [0.4, 0.5) is 0 Å². The van der Waals surface area contributed by atoms with Gasteiger partial charge in [0.1, 0.15) is 0 Å². The zero-order valence-corrected chi connectivity index (χ0v) is 11.4. The van der Waals surface area contributed by atoms with Gasteiger partial charge in [-0.3, -0.25) is 0 Å². The second-order valence-electron chi connectivity index (χ2n) is 4.88. The van der Waals surface area contributed by atoms with Crippen LogP contribution in [-0.2, 0) is 9.53 Å². The minimum absolute atomic E-state index is 0.325. The molecule has 1 N–H and O–H groups in total. The molecule has 1 heterocycles. The first-order valence-corrected chi connectivity index (χ1v) is 6.89. The molecular formula is C16H21NO2. The maximum absolute atomic E-state index is 11.0. The van der Waals surface area contributed by atoms with Gasteiger partial charge < -0.3 is 10.1 Å². The topological polar surface area (TPSA) is 38.3 Å². The summed E-state index contributed by atoms with van der Waals surface area (Å²) in [5, 5.41) is 3.58. The molecule has 1 aliphatic rings. The van der Waals surface area contributed by atoms with Crippen molar-refractivity contribution < 1.29 is 9.53 Å². The van der Waals surface area contributed by atoms with Gasteiger partial charge in [0.15, 0.2) is 0 Å². The molecule has 0 aliphatic carbocycles. The molecule has 2 rings (SSSR count). The van der Waals surface area contributed by atoms with Crippen LogP contribution in [0, 0.1) is 0 Å². The molecule has 0 amide bonds. The maximum Gasteiger partial charge on any atom is 0.330 e. The van der Waals surface area contributed by atoms with Gasteiger partial charge in [0.2, 0.25) is 0 Å². The zero-order chi connectivity index (χ0) is 13.5. The van der Waals surface area contributed by atoms with E-state index in [2.05, 4.69) is 22.2 Å². The lowest BCUT2D eigenvalue weighted by atomic mass is 10.0. The summed E-state index contributed by atoms with van der Waals surface area (Å²) in [7, 11) is 1.38. The summed E-state index contributed by atoms with van der Waals surface area (Å²) in [4.78, 5) is 11.0. The Kier molecular flexibility index (Phi) is 5.16. The molecule has 0 spiro atoms. The second-order valence-corrected chi connectivity index (χ2v) is 4.88. The number of carbonyl (C=O) groups excluding carboxylic acids is 1. The summed E-state index contributed by atoms with van der Waals surface area (Å²) in [5.74, 6) is -0.325. The molecule has 3 heteroatoms. The SMILES string of the molecule is COC(=O)/C=C/c1ccc(C2CCCCCN2)cc1. The fraction of sp³-hybridized carbons (Fsp3) is 0.438. The van der Waals surface area contributed by atoms with E-state index in [1.807, 2.05) is 12.1 Å². The third-order valence-corrected chi connectivity index (χ3v) is 3.51. The van der Waals surface area contributed by atoms with E-state index in [1.54, 1.807) is 6.08 Å². The van der Waals surface area contributed by atoms with E-state index in [0.29, 0.717) is 6.04 Å². The van der Waals surface area contributed by atoms with Crippen molar-refractivity contribution >= 4 is 12.0 Å². The first-order valence-electron chi connectivity index (χ1n) is 6.89. The Labute approximate surface area is 114 Å². The number of benzene rings is 1. The number of ether oxygens (including phenoxy) is 1. The highest BCUT2D eigenvalue weighted by molar-refractivity contribution is 5.86. The zero-order valence-electron chi connectivity index (χ0n) is 11.4. The molecule has 3 nitrogen and oxygen atoms in total. The normalized spacial score (nSPS) is 20.2. The van der Waals surface area contributed by atoms with Gasteiger partial charge in [0.05, 0.1) is 7.11 Å². The Morgan fingerprint density at radius 2 is 2.05 bits per heavy atom. The molecule has 1 atom stereocenters. The number of esters is 1. The van der Waals surface area contributed by atoms with Gasteiger partial charge in [-0.1, -0.05) is 37.1 Å². The fourth-order valence-corrected chi connectivity index (χ4v) is 2.38. The smallest absolute Gasteiger partial charge is 0.330 e. The molecule has 1 saturated heterocycles. The monoisotopic (exact) mass is 259 g/mol. The van der Waals surface area contributed by atoms with E-state index >= 15 is 0 Å². The number of hydrogen-bond donors (Lipinski definition) is 1. The van der Waals surface area contributed by atoms with E-state index in [4.69, 9.17) is 0 Å². The average molecular weight is 259 g/mol. The van der Waals surface area contributed by atoms with Gasteiger partial charge >= 0.3 is 5.97 Å².